The van der Waals surface area contributed by atoms with Crippen LogP contribution in [0.3, 0.4) is 0 Å². The predicted octanol–water partition coefficient (Wildman–Crippen LogP) is 2.22. The lowest BCUT2D eigenvalue weighted by Gasteiger charge is -2.18. The first kappa shape index (κ1) is 15.3. The molecule has 2 rings (SSSR count). The van der Waals surface area contributed by atoms with Crippen LogP contribution in [-0.4, -0.2) is 40.1 Å². The Bertz CT molecular complexity index is 513. The Labute approximate surface area is 124 Å². The number of carbonyl (C=O) groups excluding carboxylic acids is 1. The molecular formula is C15H21N3O3. The number of carboxylic acids is 1. The van der Waals surface area contributed by atoms with Crippen LogP contribution < -0.4 is 5.32 Å². The Kier molecular flexibility index (Phi) is 4.77. The second-order valence-electron chi connectivity index (χ2n) is 5.78. The first-order chi connectivity index (χ1) is 9.95. The second kappa shape index (κ2) is 6.56. The van der Waals surface area contributed by atoms with Crippen LogP contribution in [0.25, 0.3) is 0 Å². The number of rotatable bonds is 4. The van der Waals surface area contributed by atoms with Gasteiger partial charge in [0.2, 0.25) is 0 Å². The smallest absolute Gasteiger partial charge is 0.321 e. The third kappa shape index (κ3) is 4.18. The summed E-state index contributed by atoms with van der Waals surface area (Å²) in [5.74, 6) is 0.225. The Balaban J connectivity index is 1.89. The average Bonchev–Trinajstić information content (AvgIpc) is 2.90. The number of hydrogen-bond donors (Lipinski definition) is 2. The minimum absolute atomic E-state index is 0.115. The summed E-state index contributed by atoms with van der Waals surface area (Å²) in [6.07, 6.45) is 2.42. The molecule has 0 spiro atoms. The molecule has 1 atom stereocenters. The van der Waals surface area contributed by atoms with Gasteiger partial charge in [-0.25, -0.2) is 4.79 Å². The van der Waals surface area contributed by atoms with E-state index < -0.39 is 5.97 Å². The van der Waals surface area contributed by atoms with Crippen LogP contribution in [-0.2, 0) is 11.2 Å². The number of hydrogen-bond acceptors (Lipinski definition) is 3. The highest BCUT2D eigenvalue weighted by Gasteiger charge is 2.28. The average molecular weight is 291 g/mol. The van der Waals surface area contributed by atoms with Crippen LogP contribution in [0.5, 0.6) is 0 Å². The largest absolute Gasteiger partial charge is 0.481 e. The van der Waals surface area contributed by atoms with Crippen LogP contribution in [0.4, 0.5) is 10.5 Å². The molecule has 1 aliphatic heterocycles. The summed E-state index contributed by atoms with van der Waals surface area (Å²) in [7, 11) is 0. The number of urea groups is 1. The lowest BCUT2D eigenvalue weighted by Crippen LogP contribution is -2.33. The van der Waals surface area contributed by atoms with Crippen molar-refractivity contribution in [3.8, 4) is 0 Å². The molecule has 6 heteroatoms. The van der Waals surface area contributed by atoms with Crippen molar-refractivity contribution in [1.82, 2.24) is 9.88 Å². The van der Waals surface area contributed by atoms with Crippen LogP contribution in [0, 0.1) is 11.8 Å². The first-order valence-electron chi connectivity index (χ1n) is 7.18. The molecule has 21 heavy (non-hydrogen) atoms. The SMILES string of the molecule is CC(C)C1CCN(C(=O)Nc2ccc(CC(=O)O)nc2)C1. The summed E-state index contributed by atoms with van der Waals surface area (Å²) in [4.78, 5) is 28.6. The molecule has 1 unspecified atom stereocenters. The van der Waals surface area contributed by atoms with Crippen LogP contribution >= 0.6 is 0 Å². The summed E-state index contributed by atoms with van der Waals surface area (Å²) in [5.41, 5.74) is 1.06. The highest BCUT2D eigenvalue weighted by molar-refractivity contribution is 5.89. The van der Waals surface area contributed by atoms with Gasteiger partial charge in [0, 0.05) is 13.1 Å². The highest BCUT2D eigenvalue weighted by Crippen LogP contribution is 2.24. The molecule has 2 heterocycles. The fourth-order valence-corrected chi connectivity index (χ4v) is 2.48. The molecule has 0 bridgehead atoms. The van der Waals surface area contributed by atoms with Gasteiger partial charge in [0.25, 0.3) is 0 Å². The maximum absolute atomic E-state index is 12.1. The monoisotopic (exact) mass is 291 g/mol. The van der Waals surface area contributed by atoms with Crippen LogP contribution in [0.2, 0.25) is 0 Å². The van der Waals surface area contributed by atoms with Gasteiger partial charge < -0.3 is 15.3 Å². The molecule has 0 aliphatic carbocycles. The van der Waals surface area contributed by atoms with E-state index in [9.17, 15) is 9.59 Å². The van der Waals surface area contributed by atoms with E-state index in [1.165, 1.54) is 6.20 Å². The molecule has 0 aromatic carbocycles. The van der Waals surface area contributed by atoms with E-state index in [-0.39, 0.29) is 12.5 Å². The molecule has 114 valence electrons. The van der Waals surface area contributed by atoms with E-state index in [1.54, 1.807) is 12.1 Å². The number of anilines is 1. The van der Waals surface area contributed by atoms with E-state index in [1.807, 2.05) is 4.90 Å². The Hall–Kier alpha value is -2.11. The molecular weight excluding hydrogens is 270 g/mol. The zero-order valence-electron chi connectivity index (χ0n) is 12.4. The maximum Gasteiger partial charge on any atom is 0.321 e. The lowest BCUT2D eigenvalue weighted by molar-refractivity contribution is -0.136. The molecule has 1 aromatic rings. The number of aromatic nitrogens is 1. The molecule has 2 amide bonds. The van der Waals surface area contributed by atoms with Crippen molar-refractivity contribution in [2.24, 2.45) is 11.8 Å². The molecule has 0 radical (unpaired) electrons. The topological polar surface area (TPSA) is 82.5 Å². The second-order valence-corrected chi connectivity index (χ2v) is 5.78. The predicted molar refractivity (Wildman–Crippen MR) is 79.1 cm³/mol. The molecule has 1 aromatic heterocycles. The molecule has 6 nitrogen and oxygen atoms in total. The number of carbonyl (C=O) groups is 2. The van der Waals surface area contributed by atoms with Gasteiger partial charge in [0.15, 0.2) is 0 Å². The van der Waals surface area contributed by atoms with Gasteiger partial charge in [-0.1, -0.05) is 13.8 Å². The van der Waals surface area contributed by atoms with Crippen molar-refractivity contribution in [3.05, 3.63) is 24.0 Å². The zero-order valence-corrected chi connectivity index (χ0v) is 12.4. The molecule has 0 saturated carbocycles. The molecule has 1 aliphatic rings. The first-order valence-corrected chi connectivity index (χ1v) is 7.18. The van der Waals surface area contributed by atoms with Gasteiger partial charge in [-0.05, 0) is 30.4 Å². The van der Waals surface area contributed by atoms with Crippen molar-refractivity contribution in [2.75, 3.05) is 18.4 Å². The van der Waals surface area contributed by atoms with Crippen molar-refractivity contribution < 1.29 is 14.7 Å². The molecule has 1 fully saturated rings. The number of aliphatic carboxylic acids is 1. The Morgan fingerprint density at radius 3 is 2.76 bits per heavy atom. The van der Waals surface area contributed by atoms with Gasteiger partial charge in [0.05, 0.1) is 24.0 Å². The van der Waals surface area contributed by atoms with Gasteiger partial charge in [-0.15, -0.1) is 0 Å². The molecule has 1 saturated heterocycles. The maximum atomic E-state index is 12.1. The third-order valence-corrected chi connectivity index (χ3v) is 3.86. The van der Waals surface area contributed by atoms with Crippen molar-refractivity contribution in [3.63, 3.8) is 0 Å². The number of nitrogens with zero attached hydrogens (tertiary/aromatic N) is 2. The quantitative estimate of drug-likeness (QED) is 0.891. The van der Waals surface area contributed by atoms with Crippen molar-refractivity contribution >= 4 is 17.7 Å². The lowest BCUT2D eigenvalue weighted by atomic mass is 9.95. The summed E-state index contributed by atoms with van der Waals surface area (Å²) >= 11 is 0. The number of likely N-dealkylation sites (tertiary alicyclic amines) is 1. The summed E-state index contributed by atoms with van der Waals surface area (Å²) < 4.78 is 0. The number of nitrogens with one attached hydrogen (secondary N) is 1. The summed E-state index contributed by atoms with van der Waals surface area (Å²) in [5, 5.41) is 11.5. The van der Waals surface area contributed by atoms with E-state index >= 15 is 0 Å². The standard InChI is InChI=1S/C15H21N3O3/c1-10(2)11-5-6-18(9-11)15(21)17-13-4-3-12(16-8-13)7-14(19)20/h3-4,8,10-11H,5-7,9H2,1-2H3,(H,17,21)(H,19,20). The summed E-state index contributed by atoms with van der Waals surface area (Å²) in [6, 6.07) is 3.18. The zero-order chi connectivity index (χ0) is 15.4. The Morgan fingerprint density at radius 1 is 1.48 bits per heavy atom. The third-order valence-electron chi connectivity index (χ3n) is 3.86. The van der Waals surface area contributed by atoms with Crippen molar-refractivity contribution in [2.45, 2.75) is 26.7 Å². The minimum Gasteiger partial charge on any atom is -0.481 e. The normalized spacial score (nSPS) is 18.0. The fraction of sp³-hybridized carbons (Fsp3) is 0.533. The van der Waals surface area contributed by atoms with Gasteiger partial charge in [0.1, 0.15) is 0 Å². The fourth-order valence-electron chi connectivity index (χ4n) is 2.48. The summed E-state index contributed by atoms with van der Waals surface area (Å²) in [6.45, 7) is 5.92. The van der Waals surface area contributed by atoms with Gasteiger partial charge in [-0.3, -0.25) is 9.78 Å². The minimum atomic E-state index is -0.920. The number of carboxylic acid groups (broad SMARTS) is 1. The number of pyridine rings is 1. The highest BCUT2D eigenvalue weighted by atomic mass is 16.4. The van der Waals surface area contributed by atoms with Crippen LogP contribution in [0.1, 0.15) is 26.0 Å². The van der Waals surface area contributed by atoms with Crippen molar-refractivity contribution in [1.29, 1.82) is 0 Å². The Morgan fingerprint density at radius 2 is 2.24 bits per heavy atom. The molecule has 2 N–H and O–H groups in total. The van der Waals surface area contributed by atoms with Gasteiger partial charge >= 0.3 is 12.0 Å². The van der Waals surface area contributed by atoms with E-state index in [0.29, 0.717) is 23.2 Å². The van der Waals surface area contributed by atoms with Crippen LogP contribution in [0.15, 0.2) is 18.3 Å². The van der Waals surface area contributed by atoms with E-state index in [0.717, 1.165) is 19.5 Å². The van der Waals surface area contributed by atoms with E-state index in [2.05, 4.69) is 24.1 Å². The van der Waals surface area contributed by atoms with E-state index in [4.69, 9.17) is 5.11 Å². The number of amides is 2. The van der Waals surface area contributed by atoms with Gasteiger partial charge in [-0.2, -0.15) is 0 Å².